The van der Waals surface area contributed by atoms with Crippen molar-refractivity contribution in [3.05, 3.63) is 52.9 Å². The van der Waals surface area contributed by atoms with Crippen LogP contribution in [0.15, 0.2) is 34.9 Å². The lowest BCUT2D eigenvalue weighted by Gasteiger charge is -2.18. The van der Waals surface area contributed by atoms with Crippen LogP contribution in [0.25, 0.3) is 0 Å². The molecule has 1 N–H and O–H groups in total. The van der Waals surface area contributed by atoms with Gasteiger partial charge in [-0.25, -0.2) is 0 Å². The third kappa shape index (κ3) is 3.71. The first-order valence-electron chi connectivity index (χ1n) is 7.49. The van der Waals surface area contributed by atoms with E-state index in [1.165, 1.54) is 11.1 Å². The van der Waals surface area contributed by atoms with Crippen molar-refractivity contribution >= 4 is 0 Å². The largest absolute Gasteiger partial charge is 0.379 e. The Bertz CT molecular complexity index is 577. The summed E-state index contributed by atoms with van der Waals surface area (Å²) in [5.41, 5.74) is 3.54. The minimum absolute atomic E-state index is 0.372. The third-order valence-corrected chi connectivity index (χ3v) is 4.03. The van der Waals surface area contributed by atoms with Crippen LogP contribution in [0, 0.1) is 19.8 Å². The second kappa shape index (κ2) is 6.41. The highest BCUT2D eigenvalue weighted by Gasteiger charge is 2.29. The number of hydrogen-bond donors (Lipinski definition) is 1. The molecule has 0 spiro atoms. The van der Waals surface area contributed by atoms with Gasteiger partial charge in [0.25, 0.3) is 0 Å². The molecule has 1 aromatic heterocycles. The molecule has 0 aliphatic carbocycles. The Labute approximate surface area is 125 Å². The van der Waals surface area contributed by atoms with Gasteiger partial charge in [0.15, 0.2) is 0 Å². The first-order chi connectivity index (χ1) is 10.2. The van der Waals surface area contributed by atoms with Gasteiger partial charge in [0.2, 0.25) is 0 Å². The van der Waals surface area contributed by atoms with Crippen molar-refractivity contribution < 1.29 is 9.26 Å². The van der Waals surface area contributed by atoms with Gasteiger partial charge in [0.1, 0.15) is 5.76 Å². The second-order valence-corrected chi connectivity index (χ2v) is 5.91. The van der Waals surface area contributed by atoms with Gasteiger partial charge in [-0.05, 0) is 19.4 Å². The summed E-state index contributed by atoms with van der Waals surface area (Å²) in [6.07, 6.45) is 0.881. The van der Waals surface area contributed by atoms with Gasteiger partial charge < -0.3 is 14.6 Å². The van der Waals surface area contributed by atoms with Gasteiger partial charge in [0.05, 0.1) is 18.9 Å². The molecule has 0 saturated carbocycles. The monoisotopic (exact) mass is 286 g/mol. The van der Waals surface area contributed by atoms with Crippen LogP contribution >= 0.6 is 0 Å². The molecule has 2 atom stereocenters. The average Bonchev–Trinajstić information content (AvgIpc) is 3.08. The number of aryl methyl sites for hydroxylation is 2. The molecule has 2 heterocycles. The van der Waals surface area contributed by atoms with E-state index in [2.05, 4.69) is 41.7 Å². The van der Waals surface area contributed by atoms with E-state index in [1.54, 1.807) is 0 Å². The van der Waals surface area contributed by atoms with Crippen molar-refractivity contribution in [2.45, 2.75) is 32.9 Å². The molecule has 1 aromatic carbocycles. The zero-order chi connectivity index (χ0) is 14.7. The summed E-state index contributed by atoms with van der Waals surface area (Å²) in [6, 6.07) is 11.0. The van der Waals surface area contributed by atoms with Crippen molar-refractivity contribution in [2.24, 2.45) is 5.92 Å². The first-order valence-corrected chi connectivity index (χ1v) is 7.49. The Morgan fingerprint density at radius 2 is 2.00 bits per heavy atom. The van der Waals surface area contributed by atoms with E-state index >= 15 is 0 Å². The molecule has 0 bridgehead atoms. The highest BCUT2D eigenvalue weighted by molar-refractivity contribution is 5.21. The Hall–Kier alpha value is -1.65. The van der Waals surface area contributed by atoms with Gasteiger partial charge in [-0.1, -0.05) is 35.0 Å². The lowest BCUT2D eigenvalue weighted by Crippen LogP contribution is -2.36. The third-order valence-electron chi connectivity index (χ3n) is 4.03. The molecule has 1 aliphatic heterocycles. The van der Waals surface area contributed by atoms with E-state index in [0.717, 1.165) is 37.6 Å². The maximum Gasteiger partial charge on any atom is 0.137 e. The number of ether oxygens (including phenoxy) is 1. The van der Waals surface area contributed by atoms with Crippen molar-refractivity contribution in [3.63, 3.8) is 0 Å². The zero-order valence-electron chi connectivity index (χ0n) is 12.6. The summed E-state index contributed by atoms with van der Waals surface area (Å²) in [5, 5.41) is 7.56. The number of hydrogen-bond acceptors (Lipinski definition) is 4. The number of nitrogens with one attached hydrogen (secondary N) is 1. The van der Waals surface area contributed by atoms with Crippen LogP contribution in [0.3, 0.4) is 0 Å². The fraction of sp³-hybridized carbons (Fsp3) is 0.471. The normalized spacial score (nSPS) is 21.8. The van der Waals surface area contributed by atoms with Gasteiger partial charge in [-0.3, -0.25) is 0 Å². The quantitative estimate of drug-likeness (QED) is 0.918. The Morgan fingerprint density at radius 3 is 2.71 bits per heavy atom. The molecular formula is C17H22N2O2. The Kier molecular flexibility index (Phi) is 4.36. The molecular weight excluding hydrogens is 264 g/mol. The number of rotatable bonds is 5. The first kappa shape index (κ1) is 14.3. The Morgan fingerprint density at radius 1 is 1.19 bits per heavy atom. The van der Waals surface area contributed by atoms with Gasteiger partial charge in [-0.15, -0.1) is 0 Å². The van der Waals surface area contributed by atoms with Crippen molar-refractivity contribution in [1.82, 2.24) is 10.5 Å². The fourth-order valence-electron chi connectivity index (χ4n) is 2.75. The fourth-order valence-corrected chi connectivity index (χ4v) is 2.75. The molecule has 21 heavy (non-hydrogen) atoms. The van der Waals surface area contributed by atoms with Crippen molar-refractivity contribution in [1.29, 1.82) is 0 Å². The van der Waals surface area contributed by atoms with E-state index in [9.17, 15) is 0 Å². The number of aromatic nitrogens is 1. The van der Waals surface area contributed by atoms with E-state index in [1.807, 2.05) is 13.0 Å². The maximum absolute atomic E-state index is 5.63. The summed E-state index contributed by atoms with van der Waals surface area (Å²) >= 11 is 0. The highest BCUT2D eigenvalue weighted by atomic mass is 16.5. The lowest BCUT2D eigenvalue weighted by molar-refractivity contribution is 0.181. The summed E-state index contributed by atoms with van der Waals surface area (Å²) in [5.74, 6) is 1.40. The standard InChI is InChI=1S/C17H22N2O2/c1-12-3-5-14(6-4-12)9-18-17-11-20-10-15(17)8-16-7-13(2)19-21-16/h3-7,15,17-18H,8-11H2,1-2H3/t15-,17-/m1/s1. The van der Waals surface area contributed by atoms with E-state index in [4.69, 9.17) is 9.26 Å². The molecule has 2 aromatic rings. The topological polar surface area (TPSA) is 47.3 Å². The van der Waals surface area contributed by atoms with Crippen LogP contribution in [0.1, 0.15) is 22.6 Å². The van der Waals surface area contributed by atoms with E-state index in [-0.39, 0.29) is 0 Å². The van der Waals surface area contributed by atoms with Crippen LogP contribution in [0.2, 0.25) is 0 Å². The second-order valence-electron chi connectivity index (χ2n) is 5.91. The van der Waals surface area contributed by atoms with E-state index in [0.29, 0.717) is 12.0 Å². The van der Waals surface area contributed by atoms with Crippen LogP contribution < -0.4 is 5.32 Å². The summed E-state index contributed by atoms with van der Waals surface area (Å²) in [4.78, 5) is 0. The number of benzene rings is 1. The molecule has 1 fully saturated rings. The Balaban J connectivity index is 1.55. The summed E-state index contributed by atoms with van der Waals surface area (Å²) < 4.78 is 10.9. The predicted octanol–water partition coefficient (Wildman–Crippen LogP) is 2.64. The minimum atomic E-state index is 0.372. The van der Waals surface area contributed by atoms with Crippen molar-refractivity contribution in [3.8, 4) is 0 Å². The molecule has 4 heteroatoms. The molecule has 0 radical (unpaired) electrons. The van der Waals surface area contributed by atoms with Crippen LogP contribution in [-0.4, -0.2) is 24.4 Å². The molecule has 1 aliphatic rings. The van der Waals surface area contributed by atoms with Gasteiger partial charge >= 0.3 is 0 Å². The molecule has 4 nitrogen and oxygen atoms in total. The van der Waals surface area contributed by atoms with Crippen LogP contribution in [-0.2, 0) is 17.7 Å². The average molecular weight is 286 g/mol. The summed E-state index contributed by atoms with van der Waals surface area (Å²) in [7, 11) is 0. The maximum atomic E-state index is 5.63. The molecule has 0 unspecified atom stereocenters. The highest BCUT2D eigenvalue weighted by Crippen LogP contribution is 2.20. The molecule has 112 valence electrons. The van der Waals surface area contributed by atoms with Crippen LogP contribution in [0.5, 0.6) is 0 Å². The predicted molar refractivity (Wildman–Crippen MR) is 81.1 cm³/mol. The zero-order valence-corrected chi connectivity index (χ0v) is 12.6. The van der Waals surface area contributed by atoms with Gasteiger partial charge in [-0.2, -0.15) is 0 Å². The van der Waals surface area contributed by atoms with E-state index < -0.39 is 0 Å². The van der Waals surface area contributed by atoms with Gasteiger partial charge in [0, 0.05) is 31.0 Å². The van der Waals surface area contributed by atoms with Crippen LogP contribution in [0.4, 0.5) is 0 Å². The SMILES string of the molecule is Cc1ccc(CN[C@@H]2COC[C@H]2Cc2cc(C)no2)cc1. The lowest BCUT2D eigenvalue weighted by atomic mass is 9.98. The smallest absolute Gasteiger partial charge is 0.137 e. The minimum Gasteiger partial charge on any atom is -0.379 e. The van der Waals surface area contributed by atoms with Crippen molar-refractivity contribution in [2.75, 3.05) is 13.2 Å². The molecule has 3 rings (SSSR count). The molecule has 0 amide bonds. The molecule has 1 saturated heterocycles. The summed E-state index contributed by atoms with van der Waals surface area (Å²) in [6.45, 7) is 6.48. The number of nitrogens with zero attached hydrogens (tertiary/aromatic N) is 1.